The number of nitrogens with zero attached hydrogens (tertiary/aromatic N) is 4. The van der Waals surface area contributed by atoms with Gasteiger partial charge in [0.05, 0.1) is 12.4 Å². The number of hydrogen-bond acceptors (Lipinski definition) is 4. The van der Waals surface area contributed by atoms with Crippen molar-refractivity contribution in [2.24, 2.45) is 11.8 Å². The molecule has 4 heteroatoms. The molecule has 0 amide bonds. The summed E-state index contributed by atoms with van der Waals surface area (Å²) in [6.07, 6.45) is 3.21. The Morgan fingerprint density at radius 1 is 1.27 bits per heavy atom. The predicted molar refractivity (Wildman–Crippen MR) is 57.3 cm³/mol. The van der Waals surface area contributed by atoms with Gasteiger partial charge in [-0.3, -0.25) is 0 Å². The summed E-state index contributed by atoms with van der Waals surface area (Å²) in [6.45, 7) is 6.56. The second-order valence-electron chi connectivity index (χ2n) is 4.23. The zero-order valence-corrected chi connectivity index (χ0v) is 9.01. The van der Waals surface area contributed by atoms with Crippen molar-refractivity contribution < 1.29 is 0 Å². The van der Waals surface area contributed by atoms with E-state index in [4.69, 9.17) is 5.26 Å². The van der Waals surface area contributed by atoms with E-state index in [-0.39, 0.29) is 0 Å². The molecule has 2 rings (SSSR count). The topological polar surface area (TPSA) is 52.8 Å². The van der Waals surface area contributed by atoms with E-state index in [2.05, 4.69) is 28.7 Å². The minimum Gasteiger partial charge on any atom is -0.355 e. The summed E-state index contributed by atoms with van der Waals surface area (Å²) in [6, 6.07) is 1.97. The van der Waals surface area contributed by atoms with Gasteiger partial charge >= 0.3 is 0 Å². The molecule has 1 aromatic rings. The minimum atomic E-state index is 0.374. The number of hydrogen-bond donors (Lipinski definition) is 0. The van der Waals surface area contributed by atoms with E-state index in [0.717, 1.165) is 18.9 Å². The van der Waals surface area contributed by atoms with E-state index < -0.39 is 0 Å². The lowest BCUT2D eigenvalue weighted by Crippen LogP contribution is -2.20. The highest BCUT2D eigenvalue weighted by Crippen LogP contribution is 2.25. The standard InChI is InChI=1S/C11H14N4/c1-8-6-15(7-9(8)2)11-5-13-10(3-12)4-14-11/h4-5,8-9H,6-7H2,1-2H3. The third kappa shape index (κ3) is 1.91. The van der Waals surface area contributed by atoms with Gasteiger partial charge in [0.25, 0.3) is 0 Å². The largest absolute Gasteiger partial charge is 0.355 e. The monoisotopic (exact) mass is 202 g/mol. The zero-order valence-electron chi connectivity index (χ0n) is 9.01. The average molecular weight is 202 g/mol. The van der Waals surface area contributed by atoms with Gasteiger partial charge in [0.15, 0.2) is 5.69 Å². The number of rotatable bonds is 1. The summed E-state index contributed by atoms with van der Waals surface area (Å²) in [5, 5.41) is 8.61. The van der Waals surface area contributed by atoms with Gasteiger partial charge in [0.2, 0.25) is 0 Å². The van der Waals surface area contributed by atoms with Crippen molar-refractivity contribution in [2.45, 2.75) is 13.8 Å². The normalized spacial score (nSPS) is 25.3. The molecule has 1 aliphatic rings. The third-order valence-corrected chi connectivity index (χ3v) is 3.06. The Hall–Kier alpha value is -1.63. The molecule has 0 radical (unpaired) electrons. The van der Waals surface area contributed by atoms with Crippen molar-refractivity contribution in [3.05, 3.63) is 18.1 Å². The molecular formula is C11H14N4. The van der Waals surface area contributed by atoms with Crippen LogP contribution in [0, 0.1) is 23.2 Å². The van der Waals surface area contributed by atoms with Crippen LogP contribution in [0.3, 0.4) is 0 Å². The van der Waals surface area contributed by atoms with Gasteiger partial charge in [-0.25, -0.2) is 9.97 Å². The quantitative estimate of drug-likeness (QED) is 0.691. The lowest BCUT2D eigenvalue weighted by atomic mass is 10.0. The Morgan fingerprint density at radius 3 is 2.40 bits per heavy atom. The van der Waals surface area contributed by atoms with E-state index in [1.54, 1.807) is 6.20 Å². The molecule has 1 fully saturated rings. The Bertz CT molecular complexity index is 369. The molecule has 0 saturated carbocycles. The first kappa shape index (κ1) is 9.91. The van der Waals surface area contributed by atoms with E-state index in [9.17, 15) is 0 Å². The first-order valence-corrected chi connectivity index (χ1v) is 5.18. The first-order chi connectivity index (χ1) is 7.20. The summed E-state index contributed by atoms with van der Waals surface area (Å²) in [4.78, 5) is 10.5. The van der Waals surface area contributed by atoms with Crippen LogP contribution in [0.4, 0.5) is 5.82 Å². The Morgan fingerprint density at radius 2 is 1.93 bits per heavy atom. The summed E-state index contributed by atoms with van der Waals surface area (Å²) >= 11 is 0. The Balaban J connectivity index is 2.14. The van der Waals surface area contributed by atoms with Crippen LogP contribution in [0.5, 0.6) is 0 Å². The Kier molecular flexibility index (Phi) is 2.55. The summed E-state index contributed by atoms with van der Waals surface area (Å²) in [5.41, 5.74) is 0.374. The molecule has 0 bridgehead atoms. The smallest absolute Gasteiger partial charge is 0.158 e. The molecule has 0 aromatic carbocycles. The van der Waals surface area contributed by atoms with Gasteiger partial charge in [-0.15, -0.1) is 0 Å². The van der Waals surface area contributed by atoms with Crippen LogP contribution in [-0.4, -0.2) is 23.1 Å². The third-order valence-electron chi connectivity index (χ3n) is 3.06. The van der Waals surface area contributed by atoms with Crippen molar-refractivity contribution in [2.75, 3.05) is 18.0 Å². The van der Waals surface area contributed by atoms with Gasteiger partial charge in [-0.1, -0.05) is 13.8 Å². The molecule has 1 saturated heterocycles. The Labute approximate surface area is 89.6 Å². The number of anilines is 1. The van der Waals surface area contributed by atoms with Gasteiger partial charge < -0.3 is 4.90 Å². The number of aromatic nitrogens is 2. The van der Waals surface area contributed by atoms with E-state index >= 15 is 0 Å². The van der Waals surface area contributed by atoms with Gasteiger partial charge in [-0.2, -0.15) is 5.26 Å². The van der Waals surface area contributed by atoms with Gasteiger partial charge in [-0.05, 0) is 11.8 Å². The fourth-order valence-corrected chi connectivity index (χ4v) is 1.86. The molecule has 2 heterocycles. The SMILES string of the molecule is CC1CN(c2cnc(C#N)cn2)CC1C. The molecule has 2 atom stereocenters. The van der Waals surface area contributed by atoms with E-state index in [1.807, 2.05) is 6.07 Å². The lowest BCUT2D eigenvalue weighted by molar-refractivity contribution is 0.494. The predicted octanol–water partition coefficient (Wildman–Crippen LogP) is 1.44. The van der Waals surface area contributed by atoms with Crippen LogP contribution in [0.2, 0.25) is 0 Å². The molecule has 0 N–H and O–H groups in total. The molecule has 78 valence electrons. The minimum absolute atomic E-state index is 0.374. The maximum absolute atomic E-state index is 8.61. The van der Waals surface area contributed by atoms with Crippen LogP contribution in [0.15, 0.2) is 12.4 Å². The van der Waals surface area contributed by atoms with Crippen LogP contribution < -0.4 is 4.90 Å². The molecule has 15 heavy (non-hydrogen) atoms. The molecule has 2 unspecified atom stereocenters. The maximum Gasteiger partial charge on any atom is 0.158 e. The first-order valence-electron chi connectivity index (χ1n) is 5.18. The van der Waals surface area contributed by atoms with Gasteiger partial charge in [0, 0.05) is 13.1 Å². The second kappa shape index (κ2) is 3.85. The summed E-state index contributed by atoms with van der Waals surface area (Å²) < 4.78 is 0. The molecule has 4 nitrogen and oxygen atoms in total. The molecule has 1 aromatic heterocycles. The fraction of sp³-hybridized carbons (Fsp3) is 0.545. The highest BCUT2D eigenvalue weighted by molar-refractivity contribution is 5.38. The van der Waals surface area contributed by atoms with Crippen molar-refractivity contribution in [3.8, 4) is 6.07 Å². The highest BCUT2D eigenvalue weighted by Gasteiger charge is 2.26. The maximum atomic E-state index is 8.61. The molecule has 0 spiro atoms. The van der Waals surface area contributed by atoms with Crippen LogP contribution >= 0.6 is 0 Å². The van der Waals surface area contributed by atoms with Crippen molar-refractivity contribution in [3.63, 3.8) is 0 Å². The van der Waals surface area contributed by atoms with Crippen LogP contribution in [0.1, 0.15) is 19.5 Å². The fourth-order valence-electron chi connectivity index (χ4n) is 1.86. The summed E-state index contributed by atoms with van der Waals surface area (Å²) in [7, 11) is 0. The molecule has 0 aliphatic carbocycles. The van der Waals surface area contributed by atoms with Gasteiger partial charge in [0.1, 0.15) is 11.9 Å². The van der Waals surface area contributed by atoms with Crippen molar-refractivity contribution in [1.82, 2.24) is 9.97 Å². The van der Waals surface area contributed by atoms with Crippen molar-refractivity contribution >= 4 is 5.82 Å². The lowest BCUT2D eigenvalue weighted by Gasteiger charge is -2.15. The van der Waals surface area contributed by atoms with Crippen LogP contribution in [-0.2, 0) is 0 Å². The van der Waals surface area contributed by atoms with E-state index in [1.165, 1.54) is 6.20 Å². The summed E-state index contributed by atoms with van der Waals surface area (Å²) in [5.74, 6) is 2.27. The number of nitriles is 1. The van der Waals surface area contributed by atoms with Crippen molar-refractivity contribution in [1.29, 1.82) is 5.26 Å². The van der Waals surface area contributed by atoms with E-state index in [0.29, 0.717) is 17.5 Å². The zero-order chi connectivity index (χ0) is 10.8. The average Bonchev–Trinajstić information content (AvgIpc) is 2.59. The molecule has 1 aliphatic heterocycles. The second-order valence-corrected chi connectivity index (χ2v) is 4.23. The molecular weight excluding hydrogens is 188 g/mol. The van der Waals surface area contributed by atoms with Crippen LogP contribution in [0.25, 0.3) is 0 Å². The highest BCUT2D eigenvalue weighted by atomic mass is 15.2.